The van der Waals surface area contributed by atoms with Gasteiger partial charge in [0.2, 0.25) is 0 Å². The average Bonchev–Trinajstić information content (AvgIpc) is 2.08. The first-order chi connectivity index (χ1) is 9.96. The summed E-state index contributed by atoms with van der Waals surface area (Å²) in [7, 11) is 0. The molecule has 0 aliphatic heterocycles. The molecule has 7 heteroatoms. The Labute approximate surface area is 166 Å². The van der Waals surface area contributed by atoms with Gasteiger partial charge < -0.3 is 25.2 Å². The van der Waals surface area contributed by atoms with Crippen LogP contribution < -0.4 is 20.4 Å². The first kappa shape index (κ1) is 35.1. The van der Waals surface area contributed by atoms with E-state index in [2.05, 4.69) is 0 Å². The summed E-state index contributed by atoms with van der Waals surface area (Å²) in [5.74, 6) is -2.63. The van der Waals surface area contributed by atoms with E-state index in [0.717, 1.165) is 0 Å². The van der Waals surface area contributed by atoms with Crippen molar-refractivity contribution in [1.82, 2.24) is 0 Å². The smallest absolute Gasteiger partial charge is 0.852 e. The molecule has 0 aromatic heterocycles. The number of hydrogen-bond donors (Lipinski definition) is 0. The molecule has 1 atom stereocenters. The minimum atomic E-state index is -1.29. The second-order valence-corrected chi connectivity index (χ2v) is 6.87. The summed E-state index contributed by atoms with van der Waals surface area (Å²) in [6.07, 6.45) is -1.25. The summed E-state index contributed by atoms with van der Waals surface area (Å²) >= 11 is 0. The Morgan fingerprint density at radius 2 is 0.917 bits per heavy atom. The standard InChI is InChI=1S/C8H14O3.3C3H7O.Zr/c1-5(9)6(7(10)11)8(2,3)4;3*1-3(2)4;/h6H,1-4H3,(H,10,11);3*3H,1-2H3;/q;3*-1;+4/p-1. The average molecular weight is 426 g/mol. The van der Waals surface area contributed by atoms with E-state index in [1.165, 1.54) is 6.92 Å². The summed E-state index contributed by atoms with van der Waals surface area (Å²) in [6.45, 7) is 16.0. The number of ketones is 1. The zero-order valence-electron chi connectivity index (χ0n) is 16.8. The Bertz CT molecular complexity index is 259. The number of aliphatic carboxylic acids is 1. The molecule has 0 aromatic rings. The number of Topliss-reactive ketones (excluding diaryl/α,β-unsaturated/α-hetero) is 1. The molecule has 0 saturated heterocycles. The van der Waals surface area contributed by atoms with Gasteiger partial charge in [-0.2, -0.15) is 0 Å². The van der Waals surface area contributed by atoms with Crippen molar-refractivity contribution >= 4 is 11.8 Å². The van der Waals surface area contributed by atoms with Crippen molar-refractivity contribution in [3.05, 3.63) is 0 Å². The molecule has 142 valence electrons. The van der Waals surface area contributed by atoms with Crippen molar-refractivity contribution in [3.63, 3.8) is 0 Å². The molecule has 0 fully saturated rings. The van der Waals surface area contributed by atoms with Crippen molar-refractivity contribution < 1.29 is 56.2 Å². The molecule has 0 bridgehead atoms. The van der Waals surface area contributed by atoms with Crippen LogP contribution in [0.15, 0.2) is 0 Å². The van der Waals surface area contributed by atoms with Crippen LogP contribution >= 0.6 is 0 Å². The van der Waals surface area contributed by atoms with E-state index >= 15 is 0 Å². The number of carboxylic acids is 1. The fourth-order valence-corrected chi connectivity index (χ4v) is 1.13. The summed E-state index contributed by atoms with van der Waals surface area (Å²) in [6, 6.07) is 0. The van der Waals surface area contributed by atoms with Crippen LogP contribution in [0, 0.1) is 11.3 Å². The third kappa shape index (κ3) is 49.5. The number of carboxylic acid groups (broad SMARTS) is 1. The van der Waals surface area contributed by atoms with Gasteiger partial charge in [-0.15, -0.1) is 18.3 Å². The zero-order chi connectivity index (χ0) is 20.0. The second kappa shape index (κ2) is 19.2. The third-order valence-electron chi connectivity index (χ3n) is 1.51. The van der Waals surface area contributed by atoms with Crippen LogP contribution in [0.1, 0.15) is 69.2 Å². The summed E-state index contributed by atoms with van der Waals surface area (Å²) < 4.78 is 0. The first-order valence-electron chi connectivity index (χ1n) is 7.65. The number of rotatable bonds is 2. The first-order valence-corrected chi connectivity index (χ1v) is 7.65. The van der Waals surface area contributed by atoms with Crippen molar-refractivity contribution in [3.8, 4) is 0 Å². The Morgan fingerprint density at radius 1 is 0.750 bits per heavy atom. The molecule has 0 aliphatic carbocycles. The summed E-state index contributed by atoms with van der Waals surface area (Å²) in [5, 5.41) is 39.0. The maximum atomic E-state index is 10.8. The van der Waals surface area contributed by atoms with Crippen LogP contribution in [-0.2, 0) is 35.8 Å². The van der Waals surface area contributed by atoms with Crippen LogP contribution in [0.3, 0.4) is 0 Å². The van der Waals surface area contributed by atoms with Crippen LogP contribution in [-0.4, -0.2) is 30.1 Å². The second-order valence-electron chi connectivity index (χ2n) is 6.87. The molecule has 0 radical (unpaired) electrons. The molecule has 0 spiro atoms. The van der Waals surface area contributed by atoms with Crippen LogP contribution in [0.4, 0.5) is 0 Å². The molecule has 0 rings (SSSR count). The molecule has 24 heavy (non-hydrogen) atoms. The fraction of sp³-hybridized carbons (Fsp3) is 0.882. The van der Waals surface area contributed by atoms with Crippen molar-refractivity contribution in [1.29, 1.82) is 0 Å². The SMILES string of the molecule is CC(=O)C(C(=O)[O-])C(C)(C)C.CC(C)[O-].CC(C)[O-].CC(C)[O-].[Zr+4]. The fourth-order valence-electron chi connectivity index (χ4n) is 1.13. The monoisotopic (exact) mass is 424 g/mol. The molecule has 0 aromatic carbocycles. The Morgan fingerprint density at radius 3 is 0.917 bits per heavy atom. The van der Waals surface area contributed by atoms with E-state index in [0.29, 0.717) is 0 Å². The quantitative estimate of drug-likeness (QED) is 0.536. The van der Waals surface area contributed by atoms with E-state index in [1.807, 2.05) is 0 Å². The maximum Gasteiger partial charge on any atom is 4.00 e. The van der Waals surface area contributed by atoms with Gasteiger partial charge >= 0.3 is 26.2 Å². The minimum Gasteiger partial charge on any atom is -0.852 e. The topological polar surface area (TPSA) is 126 Å². The largest absolute Gasteiger partial charge is 4.00 e. The van der Waals surface area contributed by atoms with Gasteiger partial charge in [-0.05, 0) is 12.3 Å². The van der Waals surface area contributed by atoms with E-state index in [4.69, 9.17) is 0 Å². The van der Waals surface area contributed by atoms with E-state index < -0.39 is 35.6 Å². The molecular formula is C17H34O6Zr. The molecular weight excluding hydrogens is 391 g/mol. The van der Waals surface area contributed by atoms with Crippen molar-refractivity contribution in [2.75, 3.05) is 0 Å². The molecule has 0 N–H and O–H groups in total. The summed E-state index contributed by atoms with van der Waals surface area (Å²) in [4.78, 5) is 21.3. The van der Waals surface area contributed by atoms with Crippen molar-refractivity contribution in [2.45, 2.75) is 87.5 Å². The van der Waals surface area contributed by atoms with Gasteiger partial charge in [0.25, 0.3) is 0 Å². The Kier molecular flexibility index (Phi) is 28.1. The van der Waals surface area contributed by atoms with Crippen LogP contribution in [0.2, 0.25) is 0 Å². The van der Waals surface area contributed by atoms with Gasteiger partial charge in [0.15, 0.2) is 0 Å². The molecule has 0 amide bonds. The Hall–Kier alpha value is -0.0969. The number of carbonyl (C=O) groups excluding carboxylic acids is 2. The minimum absolute atomic E-state index is 0. The van der Waals surface area contributed by atoms with E-state index in [9.17, 15) is 30.0 Å². The van der Waals surface area contributed by atoms with Crippen LogP contribution in [0.5, 0.6) is 0 Å². The molecule has 1 unspecified atom stereocenters. The predicted molar refractivity (Wildman–Crippen MR) is 84.0 cm³/mol. The third-order valence-corrected chi connectivity index (χ3v) is 1.51. The summed E-state index contributed by atoms with van der Waals surface area (Å²) in [5.41, 5.74) is -0.551. The van der Waals surface area contributed by atoms with Gasteiger partial charge in [0.1, 0.15) is 5.78 Å². The van der Waals surface area contributed by atoms with Gasteiger partial charge in [0.05, 0.1) is 11.9 Å². The number of carbonyl (C=O) groups is 2. The van der Waals surface area contributed by atoms with Crippen LogP contribution in [0.25, 0.3) is 0 Å². The molecule has 0 aliphatic rings. The zero-order valence-corrected chi connectivity index (χ0v) is 19.2. The number of hydrogen-bond acceptors (Lipinski definition) is 6. The Balaban J connectivity index is -0.0000000772. The van der Waals surface area contributed by atoms with Gasteiger partial charge in [-0.25, -0.2) is 0 Å². The predicted octanol–water partition coefficient (Wildman–Crippen LogP) is -0.750. The molecule has 0 saturated carbocycles. The maximum absolute atomic E-state index is 10.8. The normalized spacial score (nSPS) is 11.0. The van der Waals surface area contributed by atoms with Gasteiger partial charge in [0, 0.05) is 0 Å². The molecule has 6 nitrogen and oxygen atoms in total. The van der Waals surface area contributed by atoms with E-state index in [1.54, 1.807) is 62.3 Å². The van der Waals surface area contributed by atoms with Crippen molar-refractivity contribution in [2.24, 2.45) is 11.3 Å². The van der Waals surface area contributed by atoms with Gasteiger partial charge in [-0.1, -0.05) is 62.3 Å². The van der Waals surface area contributed by atoms with E-state index in [-0.39, 0.29) is 32.0 Å². The van der Waals surface area contributed by atoms with Gasteiger partial charge in [-0.3, -0.25) is 4.79 Å². The molecule has 0 heterocycles.